The molecule has 19 heavy (non-hydrogen) atoms. The van der Waals surface area contributed by atoms with E-state index in [0.717, 1.165) is 0 Å². The number of amides is 1. The highest BCUT2D eigenvalue weighted by atomic mass is 79.9. The fourth-order valence-electron chi connectivity index (χ4n) is 1.24. The van der Waals surface area contributed by atoms with Gasteiger partial charge >= 0.3 is 6.09 Å². The van der Waals surface area contributed by atoms with E-state index in [9.17, 15) is 4.79 Å². The molecular formula is C12H18BrN3O3. The molecule has 0 fully saturated rings. The Morgan fingerprint density at radius 2 is 2.16 bits per heavy atom. The smallest absolute Gasteiger partial charge is 0.412 e. The van der Waals surface area contributed by atoms with Gasteiger partial charge < -0.3 is 15.2 Å². The van der Waals surface area contributed by atoms with Crippen LogP contribution in [0.4, 0.5) is 16.3 Å². The number of halogens is 1. The predicted octanol–water partition coefficient (Wildman–Crippen LogP) is 3.17. The molecule has 0 aromatic carbocycles. The van der Waals surface area contributed by atoms with Gasteiger partial charge in [-0.15, -0.1) is 0 Å². The quantitative estimate of drug-likeness (QED) is 0.888. The molecule has 0 atom stereocenters. The van der Waals surface area contributed by atoms with Gasteiger partial charge in [0.1, 0.15) is 5.60 Å². The first-order chi connectivity index (χ1) is 8.73. The van der Waals surface area contributed by atoms with Crippen molar-refractivity contribution in [3.63, 3.8) is 0 Å². The normalized spacial score (nSPS) is 11.0. The Balaban J connectivity index is 2.85. The van der Waals surface area contributed by atoms with Gasteiger partial charge in [-0.3, -0.25) is 5.32 Å². The average Bonchev–Trinajstić information content (AvgIpc) is 2.22. The van der Waals surface area contributed by atoms with E-state index in [2.05, 4.69) is 26.2 Å². The minimum absolute atomic E-state index is 0.164. The zero-order chi connectivity index (χ0) is 14.6. The Bertz CT molecular complexity index is 472. The number of pyridine rings is 1. The standard InChI is InChI=1S/C12H18BrN3O3/c1-5-18-10-7(13)6-8(9(14)16-10)15-11(17)19-12(2,3)4/h6H,5H2,1-4H3,(H2,14,16)(H,15,17). The number of rotatable bonds is 3. The van der Waals surface area contributed by atoms with Crippen LogP contribution in [0.1, 0.15) is 27.7 Å². The van der Waals surface area contributed by atoms with Gasteiger partial charge in [0.05, 0.1) is 16.8 Å². The van der Waals surface area contributed by atoms with Gasteiger partial charge in [-0.05, 0) is 49.7 Å². The Morgan fingerprint density at radius 1 is 1.53 bits per heavy atom. The van der Waals surface area contributed by atoms with Crippen LogP contribution in [0.15, 0.2) is 10.5 Å². The molecule has 1 heterocycles. The number of aromatic nitrogens is 1. The molecule has 0 saturated heterocycles. The maximum atomic E-state index is 11.6. The third-order valence-corrected chi connectivity index (χ3v) is 2.46. The van der Waals surface area contributed by atoms with Crippen LogP contribution in [-0.4, -0.2) is 23.3 Å². The average molecular weight is 332 g/mol. The molecule has 3 N–H and O–H groups in total. The van der Waals surface area contributed by atoms with Gasteiger partial charge in [0.2, 0.25) is 5.88 Å². The van der Waals surface area contributed by atoms with Crippen molar-refractivity contribution in [1.29, 1.82) is 0 Å². The van der Waals surface area contributed by atoms with E-state index in [1.165, 1.54) is 0 Å². The molecule has 1 rings (SSSR count). The van der Waals surface area contributed by atoms with Crippen LogP contribution in [0.5, 0.6) is 5.88 Å². The number of ether oxygens (including phenoxy) is 2. The van der Waals surface area contributed by atoms with Crippen LogP contribution in [0, 0.1) is 0 Å². The summed E-state index contributed by atoms with van der Waals surface area (Å²) in [6, 6.07) is 1.62. The van der Waals surface area contributed by atoms with Crippen molar-refractivity contribution >= 4 is 33.5 Å². The Kier molecular flexibility index (Phi) is 4.99. The summed E-state index contributed by atoms with van der Waals surface area (Å²) in [6.07, 6.45) is -0.586. The molecule has 0 aliphatic carbocycles. The zero-order valence-corrected chi connectivity index (χ0v) is 13.0. The fraction of sp³-hybridized carbons (Fsp3) is 0.500. The van der Waals surface area contributed by atoms with Crippen LogP contribution in [0.3, 0.4) is 0 Å². The Hall–Kier alpha value is -1.50. The lowest BCUT2D eigenvalue weighted by molar-refractivity contribution is 0.0636. The second-order valence-electron chi connectivity index (χ2n) is 4.77. The van der Waals surface area contributed by atoms with E-state index in [4.69, 9.17) is 15.2 Å². The molecule has 0 bridgehead atoms. The SMILES string of the molecule is CCOc1nc(N)c(NC(=O)OC(C)(C)C)cc1Br. The van der Waals surface area contributed by atoms with E-state index in [1.807, 2.05) is 6.92 Å². The second-order valence-corrected chi connectivity index (χ2v) is 5.62. The molecule has 0 aliphatic rings. The number of nitrogens with two attached hydrogens (primary N) is 1. The molecule has 0 radical (unpaired) electrons. The summed E-state index contributed by atoms with van der Waals surface area (Å²) in [5, 5.41) is 2.54. The highest BCUT2D eigenvalue weighted by Crippen LogP contribution is 2.30. The summed E-state index contributed by atoms with van der Waals surface area (Å²) in [6.45, 7) is 7.66. The molecule has 1 aromatic rings. The van der Waals surface area contributed by atoms with Crippen molar-refractivity contribution in [2.75, 3.05) is 17.7 Å². The van der Waals surface area contributed by atoms with Gasteiger partial charge in [0, 0.05) is 0 Å². The van der Waals surface area contributed by atoms with Crippen molar-refractivity contribution < 1.29 is 14.3 Å². The van der Waals surface area contributed by atoms with Gasteiger partial charge in [0.15, 0.2) is 5.82 Å². The van der Waals surface area contributed by atoms with E-state index >= 15 is 0 Å². The summed E-state index contributed by atoms with van der Waals surface area (Å²) in [5.41, 5.74) is 5.54. The maximum Gasteiger partial charge on any atom is 0.412 e. The van der Waals surface area contributed by atoms with Crippen molar-refractivity contribution in [1.82, 2.24) is 4.98 Å². The summed E-state index contributed by atoms with van der Waals surface area (Å²) < 4.78 is 11.0. The number of carbonyl (C=O) groups is 1. The largest absolute Gasteiger partial charge is 0.477 e. The number of nitrogen functional groups attached to an aromatic ring is 1. The first kappa shape index (κ1) is 15.6. The van der Waals surface area contributed by atoms with Gasteiger partial charge in [-0.25, -0.2) is 4.79 Å². The molecule has 1 amide bonds. The van der Waals surface area contributed by atoms with E-state index in [0.29, 0.717) is 22.6 Å². The lowest BCUT2D eigenvalue weighted by atomic mass is 10.2. The predicted molar refractivity (Wildman–Crippen MR) is 77.4 cm³/mol. The van der Waals surface area contributed by atoms with Gasteiger partial charge in [-0.1, -0.05) is 0 Å². The van der Waals surface area contributed by atoms with Gasteiger partial charge in [-0.2, -0.15) is 4.98 Å². The Morgan fingerprint density at radius 3 is 2.68 bits per heavy atom. The molecule has 0 spiro atoms. The zero-order valence-electron chi connectivity index (χ0n) is 11.4. The monoisotopic (exact) mass is 331 g/mol. The lowest BCUT2D eigenvalue weighted by Gasteiger charge is -2.20. The third kappa shape index (κ3) is 4.94. The van der Waals surface area contributed by atoms with E-state index in [-0.39, 0.29) is 5.82 Å². The molecule has 0 aliphatic heterocycles. The molecule has 6 nitrogen and oxygen atoms in total. The first-order valence-corrected chi connectivity index (χ1v) is 6.61. The fourth-order valence-corrected chi connectivity index (χ4v) is 1.67. The third-order valence-electron chi connectivity index (χ3n) is 1.89. The summed E-state index contributed by atoms with van der Waals surface area (Å²) >= 11 is 3.30. The molecule has 106 valence electrons. The minimum Gasteiger partial charge on any atom is -0.477 e. The molecular weight excluding hydrogens is 314 g/mol. The van der Waals surface area contributed by atoms with Crippen molar-refractivity contribution in [2.24, 2.45) is 0 Å². The number of hydrogen-bond acceptors (Lipinski definition) is 5. The summed E-state index contributed by atoms with van der Waals surface area (Å²) in [4.78, 5) is 15.7. The number of carbonyl (C=O) groups excluding carboxylic acids is 1. The first-order valence-electron chi connectivity index (χ1n) is 5.81. The molecule has 1 aromatic heterocycles. The second kappa shape index (κ2) is 6.10. The van der Waals surface area contributed by atoms with Crippen LogP contribution >= 0.6 is 15.9 Å². The van der Waals surface area contributed by atoms with E-state index in [1.54, 1.807) is 26.8 Å². The van der Waals surface area contributed by atoms with Gasteiger partial charge in [0.25, 0.3) is 0 Å². The highest BCUT2D eigenvalue weighted by Gasteiger charge is 2.18. The highest BCUT2D eigenvalue weighted by molar-refractivity contribution is 9.10. The van der Waals surface area contributed by atoms with Crippen LogP contribution in [-0.2, 0) is 4.74 Å². The molecule has 7 heteroatoms. The number of nitrogens with zero attached hydrogens (tertiary/aromatic N) is 1. The van der Waals surface area contributed by atoms with Crippen LogP contribution in [0.2, 0.25) is 0 Å². The minimum atomic E-state index is -0.586. The summed E-state index contributed by atoms with van der Waals surface area (Å²) in [5.74, 6) is 0.548. The molecule has 0 unspecified atom stereocenters. The topological polar surface area (TPSA) is 86.5 Å². The number of nitrogens with one attached hydrogen (secondary N) is 1. The van der Waals surface area contributed by atoms with E-state index < -0.39 is 11.7 Å². The maximum absolute atomic E-state index is 11.6. The number of anilines is 2. The van der Waals surface area contributed by atoms with Crippen LogP contribution in [0.25, 0.3) is 0 Å². The number of hydrogen-bond donors (Lipinski definition) is 2. The Labute approximate surface area is 120 Å². The molecule has 0 saturated carbocycles. The summed E-state index contributed by atoms with van der Waals surface area (Å²) in [7, 11) is 0. The van der Waals surface area contributed by atoms with Crippen molar-refractivity contribution in [3.05, 3.63) is 10.5 Å². The van der Waals surface area contributed by atoms with Crippen molar-refractivity contribution in [2.45, 2.75) is 33.3 Å². The van der Waals surface area contributed by atoms with Crippen LogP contribution < -0.4 is 15.8 Å². The lowest BCUT2D eigenvalue weighted by Crippen LogP contribution is -2.27. The van der Waals surface area contributed by atoms with Crippen molar-refractivity contribution in [3.8, 4) is 5.88 Å².